The Balaban J connectivity index is 3.56. The standard InChI is InChI=1S/C10H20O3/c1-5-6-7-12-13-10(3,4)8-9(2)11/h5-8H2,1-4H3. The first-order chi connectivity index (χ1) is 5.98. The molecule has 13 heavy (non-hydrogen) atoms. The highest BCUT2D eigenvalue weighted by Gasteiger charge is 2.21. The van der Waals surface area contributed by atoms with E-state index in [1.807, 2.05) is 13.8 Å². The second-order valence-electron chi connectivity index (χ2n) is 3.90. The van der Waals surface area contributed by atoms with Crippen LogP contribution >= 0.6 is 0 Å². The molecule has 3 heteroatoms. The third kappa shape index (κ3) is 7.94. The van der Waals surface area contributed by atoms with Gasteiger partial charge in [-0.15, -0.1) is 0 Å². The van der Waals surface area contributed by atoms with E-state index in [9.17, 15) is 4.79 Å². The third-order valence-corrected chi connectivity index (χ3v) is 1.54. The highest BCUT2D eigenvalue weighted by atomic mass is 17.2. The summed E-state index contributed by atoms with van der Waals surface area (Å²) in [7, 11) is 0. The van der Waals surface area contributed by atoms with E-state index in [1.165, 1.54) is 0 Å². The lowest BCUT2D eigenvalue weighted by Gasteiger charge is -2.21. The van der Waals surface area contributed by atoms with Crippen molar-refractivity contribution in [3.63, 3.8) is 0 Å². The van der Waals surface area contributed by atoms with E-state index in [1.54, 1.807) is 6.92 Å². The van der Waals surface area contributed by atoms with Gasteiger partial charge in [0.05, 0.1) is 6.61 Å². The number of unbranched alkanes of at least 4 members (excludes halogenated alkanes) is 1. The number of rotatable bonds is 7. The van der Waals surface area contributed by atoms with Crippen molar-refractivity contribution < 1.29 is 14.6 Å². The molecule has 0 aromatic heterocycles. The van der Waals surface area contributed by atoms with Gasteiger partial charge in [-0.05, 0) is 27.2 Å². The largest absolute Gasteiger partial charge is 0.300 e. The van der Waals surface area contributed by atoms with Gasteiger partial charge in [0.1, 0.15) is 11.4 Å². The Labute approximate surface area is 80.3 Å². The van der Waals surface area contributed by atoms with Gasteiger partial charge >= 0.3 is 0 Å². The van der Waals surface area contributed by atoms with Crippen LogP contribution in [-0.4, -0.2) is 18.0 Å². The average molecular weight is 188 g/mol. The van der Waals surface area contributed by atoms with Crippen molar-refractivity contribution in [1.82, 2.24) is 0 Å². The molecule has 0 bridgehead atoms. The molecule has 0 aromatic carbocycles. The lowest BCUT2D eigenvalue weighted by Crippen LogP contribution is -2.27. The van der Waals surface area contributed by atoms with E-state index in [0.29, 0.717) is 13.0 Å². The van der Waals surface area contributed by atoms with Crippen LogP contribution < -0.4 is 0 Å². The lowest BCUT2D eigenvalue weighted by atomic mass is 10.0. The normalized spacial score (nSPS) is 11.7. The van der Waals surface area contributed by atoms with Gasteiger partial charge in [0.25, 0.3) is 0 Å². The second kappa shape index (κ2) is 6.11. The van der Waals surface area contributed by atoms with Crippen LogP contribution in [0.2, 0.25) is 0 Å². The molecule has 0 saturated heterocycles. The van der Waals surface area contributed by atoms with Gasteiger partial charge in [-0.2, -0.15) is 0 Å². The van der Waals surface area contributed by atoms with Gasteiger partial charge in [0.15, 0.2) is 0 Å². The Morgan fingerprint density at radius 2 is 2.00 bits per heavy atom. The summed E-state index contributed by atoms with van der Waals surface area (Å²) in [5.41, 5.74) is -0.500. The molecule has 0 aromatic rings. The van der Waals surface area contributed by atoms with Crippen LogP contribution in [0.3, 0.4) is 0 Å². The number of carbonyl (C=O) groups is 1. The zero-order valence-corrected chi connectivity index (χ0v) is 9.05. The zero-order valence-electron chi connectivity index (χ0n) is 9.05. The van der Waals surface area contributed by atoms with E-state index >= 15 is 0 Å². The number of ketones is 1. The quantitative estimate of drug-likeness (QED) is 0.350. The summed E-state index contributed by atoms with van der Waals surface area (Å²) in [6.07, 6.45) is 2.45. The summed E-state index contributed by atoms with van der Waals surface area (Å²) in [6.45, 7) is 7.93. The molecule has 0 saturated carbocycles. The molecule has 0 unspecified atom stereocenters. The monoisotopic (exact) mass is 188 g/mol. The topological polar surface area (TPSA) is 35.5 Å². The molecular formula is C10H20O3. The van der Waals surface area contributed by atoms with Gasteiger partial charge < -0.3 is 0 Å². The van der Waals surface area contributed by atoms with Gasteiger partial charge in [-0.1, -0.05) is 13.3 Å². The number of hydrogen-bond acceptors (Lipinski definition) is 3. The number of Topliss-reactive ketones (excluding diaryl/α,β-unsaturated/α-hetero) is 1. The van der Waals surface area contributed by atoms with Crippen molar-refractivity contribution in [2.24, 2.45) is 0 Å². The first kappa shape index (κ1) is 12.6. The van der Waals surface area contributed by atoms with Crippen molar-refractivity contribution in [3.05, 3.63) is 0 Å². The fourth-order valence-corrected chi connectivity index (χ4v) is 1.03. The van der Waals surface area contributed by atoms with Crippen LogP contribution in [0.15, 0.2) is 0 Å². The molecule has 0 radical (unpaired) electrons. The van der Waals surface area contributed by atoms with E-state index in [4.69, 9.17) is 9.78 Å². The van der Waals surface area contributed by atoms with E-state index in [2.05, 4.69) is 6.92 Å². The molecule has 0 heterocycles. The molecule has 0 fully saturated rings. The Morgan fingerprint density at radius 1 is 1.38 bits per heavy atom. The predicted molar refractivity (Wildman–Crippen MR) is 51.3 cm³/mol. The van der Waals surface area contributed by atoms with E-state index in [0.717, 1.165) is 12.8 Å². The van der Waals surface area contributed by atoms with E-state index in [-0.39, 0.29) is 5.78 Å². The molecule has 0 aliphatic heterocycles. The Hall–Kier alpha value is -0.410. The summed E-state index contributed by atoms with van der Waals surface area (Å²) in [6, 6.07) is 0. The van der Waals surface area contributed by atoms with Crippen LogP contribution in [0, 0.1) is 0 Å². The lowest BCUT2D eigenvalue weighted by molar-refractivity contribution is -0.352. The van der Waals surface area contributed by atoms with E-state index < -0.39 is 5.60 Å². The fraction of sp³-hybridized carbons (Fsp3) is 0.900. The number of carbonyl (C=O) groups excluding carboxylic acids is 1. The molecule has 0 amide bonds. The molecule has 0 N–H and O–H groups in total. The van der Waals surface area contributed by atoms with Gasteiger partial charge in [-0.3, -0.25) is 4.79 Å². The van der Waals surface area contributed by atoms with Gasteiger partial charge in [0.2, 0.25) is 0 Å². The van der Waals surface area contributed by atoms with Crippen molar-refractivity contribution >= 4 is 5.78 Å². The minimum absolute atomic E-state index is 0.115. The van der Waals surface area contributed by atoms with Crippen molar-refractivity contribution in [1.29, 1.82) is 0 Å². The van der Waals surface area contributed by atoms with Crippen LogP contribution in [0.25, 0.3) is 0 Å². The molecule has 0 aliphatic rings. The van der Waals surface area contributed by atoms with Crippen molar-refractivity contribution in [2.45, 2.75) is 52.6 Å². The highest BCUT2D eigenvalue weighted by molar-refractivity contribution is 5.76. The van der Waals surface area contributed by atoms with Crippen LogP contribution in [-0.2, 0) is 14.6 Å². The molecular weight excluding hydrogens is 168 g/mol. The molecule has 78 valence electrons. The minimum atomic E-state index is -0.500. The number of hydrogen-bond donors (Lipinski definition) is 0. The first-order valence-electron chi connectivity index (χ1n) is 4.78. The van der Waals surface area contributed by atoms with Crippen LogP contribution in [0.5, 0.6) is 0 Å². The maximum Gasteiger partial charge on any atom is 0.132 e. The highest BCUT2D eigenvalue weighted by Crippen LogP contribution is 2.15. The smallest absolute Gasteiger partial charge is 0.132 e. The Bertz CT molecular complexity index is 152. The first-order valence-corrected chi connectivity index (χ1v) is 4.78. The fourth-order valence-electron chi connectivity index (χ4n) is 1.03. The Kier molecular flexibility index (Phi) is 5.91. The maximum atomic E-state index is 10.8. The third-order valence-electron chi connectivity index (χ3n) is 1.54. The van der Waals surface area contributed by atoms with Gasteiger partial charge in [-0.25, -0.2) is 9.78 Å². The average Bonchev–Trinajstić information content (AvgIpc) is 1.95. The second-order valence-corrected chi connectivity index (χ2v) is 3.90. The summed E-state index contributed by atoms with van der Waals surface area (Å²) in [4.78, 5) is 20.9. The molecule has 0 aliphatic carbocycles. The van der Waals surface area contributed by atoms with Crippen LogP contribution in [0.1, 0.15) is 47.0 Å². The van der Waals surface area contributed by atoms with Crippen LogP contribution in [0.4, 0.5) is 0 Å². The zero-order chi connectivity index (χ0) is 10.3. The molecule has 0 atom stereocenters. The maximum absolute atomic E-state index is 10.8. The van der Waals surface area contributed by atoms with Crippen molar-refractivity contribution in [2.75, 3.05) is 6.61 Å². The molecule has 0 rings (SSSR count). The van der Waals surface area contributed by atoms with Crippen molar-refractivity contribution in [3.8, 4) is 0 Å². The molecule has 0 spiro atoms. The Morgan fingerprint density at radius 3 is 2.46 bits per heavy atom. The summed E-state index contributed by atoms with van der Waals surface area (Å²) < 4.78 is 0. The SMILES string of the molecule is CCCCOOC(C)(C)CC(C)=O. The summed E-state index contributed by atoms with van der Waals surface area (Å²) >= 11 is 0. The molecule has 3 nitrogen and oxygen atoms in total. The summed E-state index contributed by atoms with van der Waals surface area (Å²) in [5.74, 6) is 0.115. The minimum Gasteiger partial charge on any atom is -0.300 e. The summed E-state index contributed by atoms with van der Waals surface area (Å²) in [5, 5.41) is 0. The van der Waals surface area contributed by atoms with Gasteiger partial charge in [0, 0.05) is 6.42 Å². The predicted octanol–water partition coefficient (Wildman–Crippen LogP) is 2.49.